The molecule has 3 rings (SSSR count). The third-order valence-electron chi connectivity index (χ3n) is 4.29. The van der Waals surface area contributed by atoms with Gasteiger partial charge in [-0.05, 0) is 43.7 Å². The summed E-state index contributed by atoms with van der Waals surface area (Å²) in [5.74, 6) is -0.564. The molecule has 0 saturated heterocycles. The number of fused-ring (bicyclic) bond motifs is 1. The molecule has 1 aromatic heterocycles. The number of amides is 1. The maximum Gasteiger partial charge on any atom is 0.266 e. The number of nitrogens with zero attached hydrogens (tertiary/aromatic N) is 2. The molecule has 1 N–H and O–H groups in total. The Morgan fingerprint density at radius 1 is 1.25 bits per heavy atom. The smallest absolute Gasteiger partial charge is 0.266 e. The minimum atomic E-state index is -0.454. The molecule has 0 fully saturated rings. The maximum atomic E-state index is 13.8. The molecule has 146 valence electrons. The van der Waals surface area contributed by atoms with Crippen molar-refractivity contribution in [3.63, 3.8) is 0 Å². The molecule has 1 atom stereocenters. The highest BCUT2D eigenvalue weighted by atomic mass is 32.2. The Hall–Kier alpha value is -2.67. The quantitative estimate of drug-likeness (QED) is 0.372. The van der Waals surface area contributed by atoms with Crippen molar-refractivity contribution in [2.75, 3.05) is 6.54 Å². The summed E-state index contributed by atoms with van der Waals surface area (Å²) in [6, 6.07) is 12.8. The van der Waals surface area contributed by atoms with Crippen LogP contribution in [0.1, 0.15) is 26.7 Å². The first-order valence-corrected chi connectivity index (χ1v) is 10.1. The number of hydrogen-bond acceptors (Lipinski definition) is 4. The predicted octanol–water partition coefficient (Wildman–Crippen LogP) is 3.92. The van der Waals surface area contributed by atoms with Crippen LogP contribution >= 0.6 is 11.8 Å². The van der Waals surface area contributed by atoms with Crippen molar-refractivity contribution >= 4 is 28.6 Å². The summed E-state index contributed by atoms with van der Waals surface area (Å²) in [5, 5.41) is 3.23. The van der Waals surface area contributed by atoms with Gasteiger partial charge in [-0.25, -0.2) is 9.37 Å². The number of carbonyl (C=O) groups excluding carboxylic acids is 1. The summed E-state index contributed by atoms with van der Waals surface area (Å²) in [6.45, 7) is 4.44. The van der Waals surface area contributed by atoms with Gasteiger partial charge >= 0.3 is 0 Å². The van der Waals surface area contributed by atoms with E-state index in [0.717, 1.165) is 12.8 Å². The normalized spacial score (nSPS) is 12.1. The molecule has 2 aromatic carbocycles. The lowest BCUT2D eigenvalue weighted by Gasteiger charge is -2.16. The van der Waals surface area contributed by atoms with Gasteiger partial charge in [-0.3, -0.25) is 14.2 Å². The van der Waals surface area contributed by atoms with Crippen LogP contribution in [0.15, 0.2) is 58.5 Å². The van der Waals surface area contributed by atoms with Crippen molar-refractivity contribution in [1.82, 2.24) is 14.9 Å². The molecule has 0 spiro atoms. The van der Waals surface area contributed by atoms with Crippen LogP contribution in [0.2, 0.25) is 0 Å². The van der Waals surface area contributed by atoms with Gasteiger partial charge in [0.15, 0.2) is 5.16 Å². The fraction of sp³-hybridized carbons (Fsp3) is 0.286. The fourth-order valence-corrected chi connectivity index (χ4v) is 3.73. The van der Waals surface area contributed by atoms with Crippen molar-refractivity contribution in [2.45, 2.75) is 37.1 Å². The van der Waals surface area contributed by atoms with E-state index in [-0.39, 0.29) is 11.5 Å². The number of unbranched alkanes of at least 4 members (excludes halogenated alkanes) is 1. The molecule has 1 unspecified atom stereocenters. The highest BCUT2D eigenvalue weighted by Gasteiger charge is 2.20. The van der Waals surface area contributed by atoms with Crippen LogP contribution < -0.4 is 10.9 Å². The highest BCUT2D eigenvalue weighted by molar-refractivity contribution is 8.00. The summed E-state index contributed by atoms with van der Waals surface area (Å²) in [4.78, 5) is 30.1. The van der Waals surface area contributed by atoms with E-state index in [9.17, 15) is 14.0 Å². The Balaban J connectivity index is 2.04. The van der Waals surface area contributed by atoms with E-state index in [1.807, 2.05) is 0 Å². The highest BCUT2D eigenvalue weighted by Crippen LogP contribution is 2.25. The molecule has 1 heterocycles. The molecule has 3 aromatic rings. The minimum Gasteiger partial charge on any atom is -0.355 e. The van der Waals surface area contributed by atoms with E-state index in [4.69, 9.17) is 0 Å². The van der Waals surface area contributed by atoms with E-state index in [1.165, 1.54) is 28.5 Å². The minimum absolute atomic E-state index is 0.119. The van der Waals surface area contributed by atoms with Gasteiger partial charge in [0.05, 0.1) is 21.8 Å². The number of para-hydroxylation sites is 1. The van der Waals surface area contributed by atoms with Crippen LogP contribution in [0.4, 0.5) is 4.39 Å². The second kappa shape index (κ2) is 9.01. The lowest BCUT2D eigenvalue weighted by molar-refractivity contribution is -0.120. The number of aromatic nitrogens is 2. The summed E-state index contributed by atoms with van der Waals surface area (Å²) in [6.07, 6.45) is 1.90. The van der Waals surface area contributed by atoms with E-state index >= 15 is 0 Å². The van der Waals surface area contributed by atoms with Gasteiger partial charge in [0.25, 0.3) is 5.56 Å². The average molecular weight is 399 g/mol. The Morgan fingerprint density at radius 2 is 2.04 bits per heavy atom. The SMILES string of the molecule is CCCCNC(=O)C(C)Sc1nc2ccccc2c(=O)n1-c1cccc(F)c1. The maximum absolute atomic E-state index is 13.8. The summed E-state index contributed by atoms with van der Waals surface area (Å²) >= 11 is 1.18. The largest absolute Gasteiger partial charge is 0.355 e. The number of halogens is 1. The zero-order valence-corrected chi connectivity index (χ0v) is 16.6. The zero-order chi connectivity index (χ0) is 20.1. The summed E-state index contributed by atoms with van der Waals surface area (Å²) < 4.78 is 15.2. The average Bonchev–Trinajstić information content (AvgIpc) is 2.68. The molecule has 0 bridgehead atoms. The van der Waals surface area contributed by atoms with E-state index in [2.05, 4.69) is 17.2 Å². The van der Waals surface area contributed by atoms with Gasteiger partial charge in [-0.1, -0.05) is 43.3 Å². The van der Waals surface area contributed by atoms with E-state index in [1.54, 1.807) is 43.3 Å². The zero-order valence-electron chi connectivity index (χ0n) is 15.8. The van der Waals surface area contributed by atoms with Crippen LogP contribution in [0.25, 0.3) is 16.6 Å². The third-order valence-corrected chi connectivity index (χ3v) is 5.34. The molecule has 28 heavy (non-hydrogen) atoms. The standard InChI is InChI=1S/C21H22FN3O2S/c1-3-4-12-23-19(26)14(2)28-21-24-18-11-6-5-10-17(18)20(27)25(21)16-9-7-8-15(22)13-16/h5-11,13-14H,3-4,12H2,1-2H3,(H,23,26). The van der Waals surface area contributed by atoms with Crippen LogP contribution in [0.5, 0.6) is 0 Å². The number of rotatable bonds is 7. The van der Waals surface area contributed by atoms with Crippen molar-refractivity contribution < 1.29 is 9.18 Å². The molecule has 0 aliphatic carbocycles. The first-order valence-electron chi connectivity index (χ1n) is 9.23. The first kappa shape index (κ1) is 20.1. The van der Waals surface area contributed by atoms with E-state index < -0.39 is 11.1 Å². The van der Waals surface area contributed by atoms with Crippen LogP contribution in [0, 0.1) is 5.82 Å². The third kappa shape index (κ3) is 4.42. The molecule has 7 heteroatoms. The van der Waals surface area contributed by atoms with Gasteiger partial charge in [0, 0.05) is 6.54 Å². The van der Waals surface area contributed by atoms with Crippen molar-refractivity contribution in [2.24, 2.45) is 0 Å². The molecule has 0 aliphatic heterocycles. The number of carbonyl (C=O) groups is 1. The molecule has 0 radical (unpaired) electrons. The van der Waals surface area contributed by atoms with E-state index in [0.29, 0.717) is 28.3 Å². The molecule has 0 saturated carbocycles. The van der Waals surface area contributed by atoms with Crippen LogP contribution in [-0.2, 0) is 4.79 Å². The molecular formula is C21H22FN3O2S. The second-order valence-corrected chi connectivity index (χ2v) is 7.74. The lowest BCUT2D eigenvalue weighted by atomic mass is 10.2. The number of thioether (sulfide) groups is 1. The Labute approximate surface area is 167 Å². The lowest BCUT2D eigenvalue weighted by Crippen LogP contribution is -2.32. The summed E-state index contributed by atoms with van der Waals surface area (Å²) in [5.41, 5.74) is 0.628. The van der Waals surface area contributed by atoms with Crippen molar-refractivity contribution in [3.05, 3.63) is 64.7 Å². The molecule has 1 amide bonds. The first-order chi connectivity index (χ1) is 13.5. The van der Waals surface area contributed by atoms with Gasteiger partial charge in [-0.15, -0.1) is 0 Å². The van der Waals surface area contributed by atoms with Crippen molar-refractivity contribution in [3.8, 4) is 5.69 Å². The van der Waals surface area contributed by atoms with Gasteiger partial charge in [-0.2, -0.15) is 0 Å². The Bertz CT molecular complexity index is 1050. The Kier molecular flexibility index (Phi) is 6.46. The summed E-state index contributed by atoms with van der Waals surface area (Å²) in [7, 11) is 0. The van der Waals surface area contributed by atoms with Gasteiger partial charge < -0.3 is 5.32 Å². The van der Waals surface area contributed by atoms with Crippen LogP contribution in [-0.4, -0.2) is 27.3 Å². The predicted molar refractivity (Wildman–Crippen MR) is 111 cm³/mol. The number of benzene rings is 2. The molecule has 0 aliphatic rings. The van der Waals surface area contributed by atoms with Crippen molar-refractivity contribution in [1.29, 1.82) is 0 Å². The molecule has 5 nitrogen and oxygen atoms in total. The van der Waals surface area contributed by atoms with Crippen LogP contribution in [0.3, 0.4) is 0 Å². The molecular weight excluding hydrogens is 377 g/mol. The fourth-order valence-electron chi connectivity index (χ4n) is 2.78. The topological polar surface area (TPSA) is 64.0 Å². The second-order valence-electron chi connectivity index (χ2n) is 6.44. The Morgan fingerprint density at radius 3 is 2.79 bits per heavy atom. The number of nitrogens with one attached hydrogen (secondary N) is 1. The monoisotopic (exact) mass is 399 g/mol. The van der Waals surface area contributed by atoms with Gasteiger partial charge in [0.1, 0.15) is 5.82 Å². The number of hydrogen-bond donors (Lipinski definition) is 1. The van der Waals surface area contributed by atoms with Gasteiger partial charge in [0.2, 0.25) is 5.91 Å².